The fourth-order valence-corrected chi connectivity index (χ4v) is 1.66. The van der Waals surface area contributed by atoms with E-state index in [1.54, 1.807) is 19.1 Å². The van der Waals surface area contributed by atoms with Gasteiger partial charge >= 0.3 is 0 Å². The summed E-state index contributed by atoms with van der Waals surface area (Å²) in [4.78, 5) is 12.0. The fraction of sp³-hybridized carbons (Fsp3) is 0.154. The Morgan fingerprint density at radius 1 is 1.30 bits per heavy atom. The van der Waals surface area contributed by atoms with E-state index in [0.29, 0.717) is 11.4 Å². The molecule has 6 nitrogen and oxygen atoms in total. The number of anilines is 1. The molecule has 104 valence electrons. The van der Waals surface area contributed by atoms with Crippen LogP contribution in [0.3, 0.4) is 0 Å². The number of hydrogen-bond donors (Lipinski definition) is 3. The quantitative estimate of drug-likeness (QED) is 0.579. The topological polar surface area (TPSA) is 92.9 Å². The van der Waals surface area contributed by atoms with Crippen molar-refractivity contribution in [2.45, 2.75) is 13.0 Å². The Bertz CT molecular complexity index is 602. The van der Waals surface area contributed by atoms with Crippen molar-refractivity contribution < 1.29 is 9.18 Å². The molecule has 0 spiro atoms. The summed E-state index contributed by atoms with van der Waals surface area (Å²) in [6.07, 6.45) is 0. The van der Waals surface area contributed by atoms with Crippen molar-refractivity contribution in [2.75, 3.05) is 5.43 Å². The number of hydrazine groups is 1. The van der Waals surface area contributed by atoms with Crippen LogP contribution >= 0.6 is 0 Å². The van der Waals surface area contributed by atoms with E-state index in [4.69, 9.17) is 5.84 Å². The molecule has 4 N–H and O–H groups in total. The van der Waals surface area contributed by atoms with E-state index in [0.717, 1.165) is 0 Å². The van der Waals surface area contributed by atoms with Crippen LogP contribution in [-0.4, -0.2) is 16.1 Å². The highest BCUT2D eigenvalue weighted by Crippen LogP contribution is 2.14. The smallest absolute Gasteiger partial charge is 0.272 e. The third-order valence-electron chi connectivity index (χ3n) is 2.74. The van der Waals surface area contributed by atoms with Gasteiger partial charge in [-0.3, -0.25) is 4.79 Å². The van der Waals surface area contributed by atoms with E-state index in [9.17, 15) is 9.18 Å². The first-order valence-corrected chi connectivity index (χ1v) is 5.97. The summed E-state index contributed by atoms with van der Waals surface area (Å²) in [5.74, 6) is 4.78. The molecule has 0 saturated heterocycles. The number of nitrogens with zero attached hydrogens (tertiary/aromatic N) is 2. The van der Waals surface area contributed by atoms with E-state index in [-0.39, 0.29) is 17.6 Å². The van der Waals surface area contributed by atoms with Crippen LogP contribution in [0.2, 0.25) is 0 Å². The van der Waals surface area contributed by atoms with Crippen LogP contribution in [-0.2, 0) is 0 Å². The average molecular weight is 275 g/mol. The molecule has 0 saturated carbocycles. The van der Waals surface area contributed by atoms with Gasteiger partial charge in [-0.25, -0.2) is 10.2 Å². The summed E-state index contributed by atoms with van der Waals surface area (Å²) in [6, 6.07) is 8.74. The van der Waals surface area contributed by atoms with Gasteiger partial charge in [-0.15, -0.1) is 10.2 Å². The summed E-state index contributed by atoms with van der Waals surface area (Å²) in [6.45, 7) is 1.76. The second-order valence-corrected chi connectivity index (χ2v) is 4.20. The van der Waals surface area contributed by atoms with E-state index in [2.05, 4.69) is 20.9 Å². The van der Waals surface area contributed by atoms with Gasteiger partial charge in [0.05, 0.1) is 6.04 Å². The molecule has 2 rings (SSSR count). The molecule has 1 heterocycles. The van der Waals surface area contributed by atoms with Crippen LogP contribution < -0.4 is 16.6 Å². The molecule has 1 aromatic heterocycles. The molecule has 1 amide bonds. The number of rotatable bonds is 4. The predicted octanol–water partition coefficient (Wildman–Crippen LogP) is 1.39. The van der Waals surface area contributed by atoms with Crippen molar-refractivity contribution in [3.8, 4) is 0 Å². The minimum atomic E-state index is -0.391. The highest BCUT2D eigenvalue weighted by atomic mass is 19.1. The zero-order valence-electron chi connectivity index (χ0n) is 10.8. The lowest BCUT2D eigenvalue weighted by Crippen LogP contribution is -2.27. The zero-order valence-corrected chi connectivity index (χ0v) is 10.8. The van der Waals surface area contributed by atoms with Crippen molar-refractivity contribution >= 4 is 11.7 Å². The van der Waals surface area contributed by atoms with Gasteiger partial charge < -0.3 is 10.7 Å². The number of nitrogens with two attached hydrogens (primary N) is 1. The summed E-state index contributed by atoms with van der Waals surface area (Å²) in [5, 5.41) is 10.2. The van der Waals surface area contributed by atoms with Crippen LogP contribution in [0.1, 0.15) is 29.0 Å². The van der Waals surface area contributed by atoms with Gasteiger partial charge in [0.1, 0.15) is 5.82 Å². The molecule has 0 aliphatic carbocycles. The molecule has 7 heteroatoms. The summed E-state index contributed by atoms with van der Waals surface area (Å²) in [5.41, 5.74) is 3.15. The van der Waals surface area contributed by atoms with Gasteiger partial charge in [-0.2, -0.15) is 0 Å². The molecule has 0 aliphatic heterocycles. The maximum atomic E-state index is 13.1. The maximum Gasteiger partial charge on any atom is 0.272 e. The Morgan fingerprint density at radius 3 is 2.70 bits per heavy atom. The van der Waals surface area contributed by atoms with E-state index >= 15 is 0 Å². The Kier molecular flexibility index (Phi) is 4.21. The van der Waals surface area contributed by atoms with Gasteiger partial charge in [0.15, 0.2) is 11.5 Å². The number of benzene rings is 1. The second kappa shape index (κ2) is 6.07. The number of nitrogens with one attached hydrogen (secondary N) is 2. The van der Waals surface area contributed by atoms with Gasteiger partial charge in [-0.05, 0) is 36.8 Å². The number of hydrogen-bond acceptors (Lipinski definition) is 5. The molecule has 20 heavy (non-hydrogen) atoms. The predicted molar refractivity (Wildman–Crippen MR) is 72.1 cm³/mol. The Hall–Kier alpha value is -2.54. The lowest BCUT2D eigenvalue weighted by atomic mass is 10.1. The van der Waals surface area contributed by atoms with Crippen molar-refractivity contribution in [3.05, 3.63) is 53.5 Å². The van der Waals surface area contributed by atoms with Crippen molar-refractivity contribution in [3.63, 3.8) is 0 Å². The van der Waals surface area contributed by atoms with Crippen LogP contribution in [0.25, 0.3) is 0 Å². The molecule has 1 unspecified atom stereocenters. The number of nitrogen functional groups attached to an aromatic ring is 1. The number of amides is 1. The number of carbonyl (C=O) groups excluding carboxylic acids is 1. The van der Waals surface area contributed by atoms with Crippen LogP contribution in [0.5, 0.6) is 0 Å². The highest BCUT2D eigenvalue weighted by Gasteiger charge is 2.13. The fourth-order valence-electron chi connectivity index (χ4n) is 1.66. The average Bonchev–Trinajstić information content (AvgIpc) is 2.47. The molecule has 1 atom stereocenters. The van der Waals surface area contributed by atoms with Crippen LogP contribution in [0, 0.1) is 5.82 Å². The SMILES string of the molecule is CC(NC(=O)c1ccc(NN)nn1)c1cccc(F)c1. The van der Waals surface area contributed by atoms with Gasteiger partial charge in [0, 0.05) is 0 Å². The molecule has 0 fully saturated rings. The Balaban J connectivity index is 2.06. The first-order valence-electron chi connectivity index (χ1n) is 5.97. The molecular formula is C13H14FN5O. The molecule has 1 aromatic carbocycles. The minimum Gasteiger partial charge on any atom is -0.344 e. The third kappa shape index (κ3) is 3.27. The summed E-state index contributed by atoms with van der Waals surface area (Å²) < 4.78 is 13.1. The summed E-state index contributed by atoms with van der Waals surface area (Å²) in [7, 11) is 0. The zero-order chi connectivity index (χ0) is 14.5. The number of halogens is 1. The molecular weight excluding hydrogens is 261 g/mol. The van der Waals surface area contributed by atoms with Crippen molar-refractivity contribution in [1.29, 1.82) is 0 Å². The van der Waals surface area contributed by atoms with Gasteiger partial charge in [0.25, 0.3) is 5.91 Å². The lowest BCUT2D eigenvalue weighted by molar-refractivity contribution is 0.0934. The molecule has 0 radical (unpaired) electrons. The first kappa shape index (κ1) is 13.9. The monoisotopic (exact) mass is 275 g/mol. The van der Waals surface area contributed by atoms with Crippen LogP contribution in [0.15, 0.2) is 36.4 Å². The van der Waals surface area contributed by atoms with Crippen LogP contribution in [0.4, 0.5) is 10.2 Å². The first-order chi connectivity index (χ1) is 9.60. The minimum absolute atomic E-state index is 0.159. The third-order valence-corrected chi connectivity index (χ3v) is 2.74. The van der Waals surface area contributed by atoms with Gasteiger partial charge in [0.2, 0.25) is 0 Å². The van der Waals surface area contributed by atoms with E-state index in [1.807, 2.05) is 0 Å². The summed E-state index contributed by atoms with van der Waals surface area (Å²) >= 11 is 0. The van der Waals surface area contributed by atoms with E-state index in [1.165, 1.54) is 24.3 Å². The molecule has 2 aromatic rings. The van der Waals surface area contributed by atoms with Crippen molar-refractivity contribution in [1.82, 2.24) is 15.5 Å². The molecule has 0 aliphatic rings. The Morgan fingerprint density at radius 2 is 2.10 bits per heavy atom. The lowest BCUT2D eigenvalue weighted by Gasteiger charge is -2.13. The molecule has 0 bridgehead atoms. The standard InChI is InChI=1S/C13H14FN5O/c1-8(9-3-2-4-10(14)7-9)16-13(20)11-5-6-12(17-15)19-18-11/h2-8H,15H2,1H3,(H,16,20)(H,17,19). The number of carbonyl (C=O) groups is 1. The second-order valence-electron chi connectivity index (χ2n) is 4.20. The van der Waals surface area contributed by atoms with Crippen molar-refractivity contribution in [2.24, 2.45) is 5.84 Å². The Labute approximate surface area is 115 Å². The highest BCUT2D eigenvalue weighted by molar-refractivity contribution is 5.92. The number of aromatic nitrogens is 2. The normalized spacial score (nSPS) is 11.8. The van der Waals surface area contributed by atoms with E-state index < -0.39 is 5.91 Å². The maximum absolute atomic E-state index is 13.1. The van der Waals surface area contributed by atoms with Gasteiger partial charge in [-0.1, -0.05) is 12.1 Å². The largest absolute Gasteiger partial charge is 0.344 e.